The molecule has 0 saturated carbocycles. The summed E-state index contributed by atoms with van der Waals surface area (Å²) in [6, 6.07) is 9.78. The van der Waals surface area contributed by atoms with Crippen LogP contribution in [0.15, 0.2) is 42.7 Å². The summed E-state index contributed by atoms with van der Waals surface area (Å²) in [7, 11) is 0. The molecule has 7 heteroatoms. The number of hydrogen-bond donors (Lipinski definition) is 2. The van der Waals surface area contributed by atoms with Gasteiger partial charge in [0.1, 0.15) is 17.0 Å². The van der Waals surface area contributed by atoms with E-state index in [1.54, 1.807) is 17.5 Å². The molecular formula is C20H20FN5S. The molecule has 0 aliphatic carbocycles. The van der Waals surface area contributed by atoms with Crippen molar-refractivity contribution >= 4 is 39.2 Å². The zero-order valence-electron chi connectivity index (χ0n) is 14.7. The van der Waals surface area contributed by atoms with E-state index >= 15 is 0 Å². The zero-order valence-corrected chi connectivity index (χ0v) is 15.5. The van der Waals surface area contributed by atoms with E-state index < -0.39 is 6.17 Å². The number of fused-ring (bicyclic) bond motifs is 1. The Morgan fingerprint density at radius 3 is 2.93 bits per heavy atom. The van der Waals surface area contributed by atoms with E-state index in [2.05, 4.69) is 9.97 Å². The van der Waals surface area contributed by atoms with Gasteiger partial charge in [0.05, 0.1) is 16.8 Å². The number of aromatic nitrogens is 2. The third-order valence-corrected chi connectivity index (χ3v) is 5.81. The summed E-state index contributed by atoms with van der Waals surface area (Å²) in [6.07, 6.45) is 5.21. The van der Waals surface area contributed by atoms with Gasteiger partial charge in [-0.05, 0) is 42.7 Å². The molecule has 3 N–H and O–H groups in total. The van der Waals surface area contributed by atoms with Crippen molar-refractivity contribution in [3.05, 3.63) is 48.3 Å². The Kier molecular flexibility index (Phi) is 4.85. The number of anilines is 1. The van der Waals surface area contributed by atoms with E-state index in [1.807, 2.05) is 35.2 Å². The molecule has 1 saturated heterocycles. The molecule has 1 fully saturated rings. The molecule has 0 amide bonds. The standard InChI is InChI=1S/C20H20FN5S/c21-16-2-1-7-26(12-16)19-6-4-14(11-24-19)20-25-17-5-3-13(8-18(17)27-20)15(9-22)10-23/h3-6,8-11,16,22H,1-2,7,12,23H2/b15-10+,22-9?/t16-/m1/s1. The van der Waals surface area contributed by atoms with Gasteiger partial charge in [-0.1, -0.05) is 6.07 Å². The van der Waals surface area contributed by atoms with Gasteiger partial charge in [-0.3, -0.25) is 0 Å². The average molecular weight is 381 g/mol. The number of benzene rings is 1. The number of nitrogens with two attached hydrogens (primary N) is 1. The van der Waals surface area contributed by atoms with E-state index in [9.17, 15) is 4.39 Å². The van der Waals surface area contributed by atoms with Crippen LogP contribution < -0.4 is 10.6 Å². The van der Waals surface area contributed by atoms with Crippen LogP contribution in [0.5, 0.6) is 0 Å². The summed E-state index contributed by atoms with van der Waals surface area (Å²) in [5, 5.41) is 8.33. The van der Waals surface area contributed by atoms with Gasteiger partial charge in [-0.25, -0.2) is 14.4 Å². The lowest BCUT2D eigenvalue weighted by molar-refractivity contribution is 0.286. The largest absolute Gasteiger partial charge is 0.404 e. The summed E-state index contributed by atoms with van der Waals surface area (Å²) in [5.41, 5.74) is 8.99. The molecule has 0 spiro atoms. The van der Waals surface area contributed by atoms with Crippen molar-refractivity contribution in [2.24, 2.45) is 5.73 Å². The fourth-order valence-corrected chi connectivity index (χ4v) is 4.28. The number of halogens is 1. The smallest absolute Gasteiger partial charge is 0.128 e. The lowest BCUT2D eigenvalue weighted by Crippen LogP contribution is -2.36. The molecule has 1 aliphatic rings. The van der Waals surface area contributed by atoms with E-state index in [-0.39, 0.29) is 0 Å². The summed E-state index contributed by atoms with van der Waals surface area (Å²) in [4.78, 5) is 11.2. The molecule has 2 aromatic heterocycles. The van der Waals surface area contributed by atoms with Crippen LogP contribution in [0.1, 0.15) is 18.4 Å². The number of thiazole rings is 1. The molecule has 27 heavy (non-hydrogen) atoms. The minimum Gasteiger partial charge on any atom is -0.404 e. The maximum Gasteiger partial charge on any atom is 0.128 e. The molecule has 138 valence electrons. The van der Waals surface area contributed by atoms with E-state index in [0.717, 1.165) is 45.1 Å². The van der Waals surface area contributed by atoms with E-state index in [1.165, 1.54) is 12.4 Å². The second kappa shape index (κ2) is 7.44. The van der Waals surface area contributed by atoms with Crippen LogP contribution >= 0.6 is 11.3 Å². The van der Waals surface area contributed by atoms with Gasteiger partial charge < -0.3 is 16.0 Å². The first-order valence-electron chi connectivity index (χ1n) is 8.86. The minimum absolute atomic E-state index is 0.417. The van der Waals surface area contributed by atoms with Gasteiger partial charge in [0, 0.05) is 36.3 Å². The minimum atomic E-state index is -0.771. The molecule has 5 nitrogen and oxygen atoms in total. The lowest BCUT2D eigenvalue weighted by Gasteiger charge is -2.29. The van der Waals surface area contributed by atoms with Crippen LogP contribution in [-0.4, -0.2) is 35.4 Å². The van der Waals surface area contributed by atoms with Crippen LogP contribution in [0, 0.1) is 5.41 Å². The highest BCUT2D eigenvalue weighted by Gasteiger charge is 2.20. The van der Waals surface area contributed by atoms with Crippen molar-refractivity contribution in [2.45, 2.75) is 19.0 Å². The molecule has 3 heterocycles. The predicted octanol–water partition coefficient (Wildman–Crippen LogP) is 4.25. The quantitative estimate of drug-likeness (QED) is 0.663. The second-order valence-electron chi connectivity index (χ2n) is 6.56. The molecule has 1 aromatic carbocycles. The number of nitrogens with one attached hydrogen (secondary N) is 1. The normalized spacial score (nSPS) is 18.0. The third-order valence-electron chi connectivity index (χ3n) is 4.74. The summed E-state index contributed by atoms with van der Waals surface area (Å²) < 4.78 is 14.7. The number of pyridine rings is 1. The first kappa shape index (κ1) is 17.6. The van der Waals surface area contributed by atoms with Crippen molar-refractivity contribution in [3.63, 3.8) is 0 Å². The molecule has 0 radical (unpaired) electrons. The summed E-state index contributed by atoms with van der Waals surface area (Å²) >= 11 is 1.58. The Labute approximate surface area is 160 Å². The molecule has 0 unspecified atom stereocenters. The lowest BCUT2D eigenvalue weighted by atomic mass is 10.1. The Bertz CT molecular complexity index is 995. The Balaban J connectivity index is 1.61. The highest BCUT2D eigenvalue weighted by atomic mass is 32.1. The van der Waals surface area contributed by atoms with Crippen molar-refractivity contribution < 1.29 is 4.39 Å². The fraction of sp³-hybridized carbons (Fsp3) is 0.250. The maximum atomic E-state index is 13.6. The van der Waals surface area contributed by atoms with Crippen LogP contribution in [0.4, 0.5) is 10.2 Å². The average Bonchev–Trinajstić information content (AvgIpc) is 3.13. The molecule has 1 aliphatic heterocycles. The van der Waals surface area contributed by atoms with Crippen molar-refractivity contribution in [3.8, 4) is 10.6 Å². The van der Waals surface area contributed by atoms with Crippen LogP contribution in [0.3, 0.4) is 0 Å². The van der Waals surface area contributed by atoms with Crippen LogP contribution in [0.2, 0.25) is 0 Å². The Hall–Kier alpha value is -2.80. The fourth-order valence-electron chi connectivity index (χ4n) is 3.29. The third kappa shape index (κ3) is 3.55. The first-order chi connectivity index (χ1) is 13.2. The predicted molar refractivity (Wildman–Crippen MR) is 110 cm³/mol. The molecular weight excluding hydrogens is 361 g/mol. The number of hydrogen-bond acceptors (Lipinski definition) is 6. The SMILES string of the molecule is N=C/C(=C\N)c1ccc2nc(-c3ccc(N4CCC[C@@H](F)C4)nc3)sc2c1. The Morgan fingerprint density at radius 1 is 1.33 bits per heavy atom. The van der Waals surface area contributed by atoms with Crippen molar-refractivity contribution in [2.75, 3.05) is 18.0 Å². The van der Waals surface area contributed by atoms with Gasteiger partial charge in [-0.15, -0.1) is 11.3 Å². The zero-order chi connectivity index (χ0) is 18.8. The first-order valence-corrected chi connectivity index (χ1v) is 9.68. The van der Waals surface area contributed by atoms with Gasteiger partial charge in [0.25, 0.3) is 0 Å². The monoisotopic (exact) mass is 381 g/mol. The topological polar surface area (TPSA) is 78.9 Å². The maximum absolute atomic E-state index is 13.6. The molecule has 0 bridgehead atoms. The van der Waals surface area contributed by atoms with Gasteiger partial charge in [-0.2, -0.15) is 0 Å². The molecule has 1 atom stereocenters. The number of allylic oxidation sites excluding steroid dienone is 1. The van der Waals surface area contributed by atoms with Crippen LogP contribution in [0.25, 0.3) is 26.4 Å². The van der Waals surface area contributed by atoms with Crippen molar-refractivity contribution in [1.29, 1.82) is 5.41 Å². The highest BCUT2D eigenvalue weighted by Crippen LogP contribution is 2.32. The van der Waals surface area contributed by atoms with Crippen molar-refractivity contribution in [1.82, 2.24) is 9.97 Å². The number of rotatable bonds is 4. The number of nitrogens with zero attached hydrogens (tertiary/aromatic N) is 3. The van der Waals surface area contributed by atoms with E-state index in [0.29, 0.717) is 18.5 Å². The van der Waals surface area contributed by atoms with Gasteiger partial charge in [0.15, 0.2) is 0 Å². The van der Waals surface area contributed by atoms with E-state index in [4.69, 9.17) is 11.1 Å². The Morgan fingerprint density at radius 2 is 2.22 bits per heavy atom. The second-order valence-corrected chi connectivity index (χ2v) is 7.59. The van der Waals surface area contributed by atoms with Gasteiger partial charge >= 0.3 is 0 Å². The van der Waals surface area contributed by atoms with Crippen LogP contribution in [-0.2, 0) is 0 Å². The number of alkyl halides is 1. The summed E-state index contributed by atoms with van der Waals surface area (Å²) in [5.74, 6) is 0.813. The molecule has 4 rings (SSSR count). The number of piperidine rings is 1. The summed E-state index contributed by atoms with van der Waals surface area (Å²) in [6.45, 7) is 1.26. The highest BCUT2D eigenvalue weighted by molar-refractivity contribution is 7.21. The molecule has 3 aromatic rings. The van der Waals surface area contributed by atoms with Gasteiger partial charge in [0.2, 0.25) is 0 Å².